The zero-order valence-corrected chi connectivity index (χ0v) is 51.9. The van der Waals surface area contributed by atoms with Gasteiger partial charge in [0.25, 0.3) is 7.82 Å². The van der Waals surface area contributed by atoms with Crippen LogP contribution in [0.5, 0.6) is 0 Å². The maximum atomic E-state index is 12.8. The third kappa shape index (κ3) is 63.2. The van der Waals surface area contributed by atoms with Crippen LogP contribution in [0, 0.1) is 0 Å². The van der Waals surface area contributed by atoms with Gasteiger partial charge in [0.15, 0.2) is 6.10 Å². The maximum Gasteiger partial charge on any atom is 0.306 e. The number of phosphoric acid groups is 1. The van der Waals surface area contributed by atoms with Crippen molar-refractivity contribution >= 4 is 19.8 Å². The van der Waals surface area contributed by atoms with Gasteiger partial charge in [0.1, 0.15) is 19.8 Å². The van der Waals surface area contributed by atoms with Crippen LogP contribution in [0.1, 0.15) is 239 Å². The van der Waals surface area contributed by atoms with Gasteiger partial charge in [-0.15, -0.1) is 0 Å². The van der Waals surface area contributed by atoms with Gasteiger partial charge >= 0.3 is 11.9 Å². The molecule has 0 aromatic heterocycles. The summed E-state index contributed by atoms with van der Waals surface area (Å²) in [5.41, 5.74) is 0. The molecule has 0 bridgehead atoms. The number of likely N-dealkylation sites (N-methyl/N-ethyl adjacent to an activating group) is 1. The number of unbranched alkanes of at least 4 members (excludes halogenated alkanes) is 20. The van der Waals surface area contributed by atoms with Crippen LogP contribution >= 0.6 is 7.82 Å². The number of rotatable bonds is 56. The van der Waals surface area contributed by atoms with Gasteiger partial charge < -0.3 is 27.9 Å². The van der Waals surface area contributed by atoms with E-state index in [0.717, 1.165) is 122 Å². The highest BCUT2D eigenvalue weighted by Gasteiger charge is 2.22. The van der Waals surface area contributed by atoms with Crippen molar-refractivity contribution in [2.24, 2.45) is 0 Å². The van der Waals surface area contributed by atoms with Crippen molar-refractivity contribution in [3.63, 3.8) is 0 Å². The van der Waals surface area contributed by atoms with E-state index in [9.17, 15) is 19.0 Å². The number of esters is 2. The Hall–Kier alpha value is -3.85. The Morgan fingerprint density at radius 1 is 0.405 bits per heavy atom. The zero-order chi connectivity index (χ0) is 57.7. The maximum absolute atomic E-state index is 12.8. The Kier molecular flexibility index (Phi) is 55.9. The Bertz CT molecular complexity index is 1790. The van der Waals surface area contributed by atoms with Crippen molar-refractivity contribution in [2.45, 2.75) is 245 Å². The lowest BCUT2D eigenvalue weighted by atomic mass is 10.1. The molecule has 0 aliphatic carbocycles. The van der Waals surface area contributed by atoms with Crippen molar-refractivity contribution in [1.82, 2.24) is 0 Å². The average Bonchev–Trinajstić information content (AvgIpc) is 3.41. The van der Waals surface area contributed by atoms with Crippen molar-refractivity contribution in [2.75, 3.05) is 47.5 Å². The molecule has 450 valence electrons. The normalized spacial score (nSPS) is 14.2. The molecule has 10 heteroatoms. The Labute approximate surface area is 485 Å². The first-order chi connectivity index (χ1) is 38.5. The lowest BCUT2D eigenvalue weighted by Gasteiger charge is -2.28. The van der Waals surface area contributed by atoms with Gasteiger partial charge in [-0.2, -0.15) is 0 Å². The molecule has 0 spiro atoms. The number of carbonyl (C=O) groups is 2. The van der Waals surface area contributed by atoms with Crippen LogP contribution < -0.4 is 4.89 Å². The zero-order valence-electron chi connectivity index (χ0n) is 51.0. The van der Waals surface area contributed by atoms with Crippen LogP contribution in [-0.2, 0) is 32.7 Å². The van der Waals surface area contributed by atoms with Crippen molar-refractivity contribution in [1.29, 1.82) is 0 Å². The van der Waals surface area contributed by atoms with E-state index in [4.69, 9.17) is 18.5 Å². The topological polar surface area (TPSA) is 111 Å². The Morgan fingerprint density at radius 2 is 0.722 bits per heavy atom. The first-order valence-corrected chi connectivity index (χ1v) is 32.9. The van der Waals surface area contributed by atoms with Gasteiger partial charge in [0.05, 0.1) is 27.7 Å². The number of nitrogens with zero attached hydrogens (tertiary/aromatic N) is 1. The molecule has 0 aromatic rings. The summed E-state index contributed by atoms with van der Waals surface area (Å²) in [6, 6.07) is 0. The summed E-state index contributed by atoms with van der Waals surface area (Å²) in [6.07, 6.45) is 85.1. The summed E-state index contributed by atoms with van der Waals surface area (Å²) in [7, 11) is 1.14. The molecular formula is C69H116NO8P. The second kappa shape index (κ2) is 58.8. The minimum absolute atomic E-state index is 0.0398. The van der Waals surface area contributed by atoms with Crippen LogP contribution in [0.2, 0.25) is 0 Å². The van der Waals surface area contributed by atoms with Crippen LogP contribution in [0.25, 0.3) is 0 Å². The van der Waals surface area contributed by atoms with Gasteiger partial charge in [0.2, 0.25) is 0 Å². The molecule has 0 rings (SSSR count). The number of carbonyl (C=O) groups excluding carboxylic acids is 2. The van der Waals surface area contributed by atoms with Gasteiger partial charge in [-0.3, -0.25) is 14.2 Å². The first kappa shape index (κ1) is 75.2. The average molecular weight is 1120 g/mol. The van der Waals surface area contributed by atoms with E-state index in [1.807, 2.05) is 21.1 Å². The van der Waals surface area contributed by atoms with Crippen molar-refractivity contribution in [3.8, 4) is 0 Å². The highest BCUT2D eigenvalue weighted by molar-refractivity contribution is 7.45. The molecule has 0 radical (unpaired) electrons. The lowest BCUT2D eigenvalue weighted by Crippen LogP contribution is -2.37. The highest BCUT2D eigenvalue weighted by atomic mass is 31.2. The number of phosphoric ester groups is 1. The third-order valence-electron chi connectivity index (χ3n) is 12.9. The quantitative estimate of drug-likeness (QED) is 0.0195. The number of hydrogen-bond donors (Lipinski definition) is 0. The van der Waals surface area contributed by atoms with Crippen molar-refractivity contribution < 1.29 is 42.1 Å². The molecular weight excluding hydrogens is 1000 g/mol. The molecule has 0 amide bonds. The predicted molar refractivity (Wildman–Crippen MR) is 337 cm³/mol. The largest absolute Gasteiger partial charge is 0.756 e. The summed E-state index contributed by atoms with van der Waals surface area (Å²) in [4.78, 5) is 37.9. The summed E-state index contributed by atoms with van der Waals surface area (Å²) in [5.74, 6) is -0.858. The number of hydrogen-bond acceptors (Lipinski definition) is 8. The van der Waals surface area contributed by atoms with E-state index in [-0.39, 0.29) is 26.1 Å². The van der Waals surface area contributed by atoms with Gasteiger partial charge in [-0.1, -0.05) is 244 Å². The van der Waals surface area contributed by atoms with E-state index in [1.54, 1.807) is 0 Å². The molecule has 0 aliphatic rings. The number of ether oxygens (including phenoxy) is 2. The lowest BCUT2D eigenvalue weighted by molar-refractivity contribution is -0.870. The van der Waals surface area contributed by atoms with Gasteiger partial charge in [0, 0.05) is 12.8 Å². The van der Waals surface area contributed by atoms with Crippen LogP contribution in [0.4, 0.5) is 0 Å². The molecule has 2 unspecified atom stereocenters. The second-order valence-corrected chi connectivity index (χ2v) is 23.1. The first-order valence-electron chi connectivity index (χ1n) is 31.4. The van der Waals surface area contributed by atoms with E-state index >= 15 is 0 Å². The minimum Gasteiger partial charge on any atom is -0.756 e. The van der Waals surface area contributed by atoms with E-state index in [2.05, 4.69) is 148 Å². The standard InChI is InChI=1S/C69H116NO8P/c1-6-8-10-12-14-16-18-20-22-24-25-26-27-28-29-30-31-32-33-34-35-36-37-38-39-40-41-42-43-44-45-46-48-50-52-54-56-58-60-62-69(72)78-67(66-77-79(73,74)76-64-63-70(3,4)5)65-75-68(71)61-59-57-55-53-51-49-47-23-21-19-17-15-13-11-9-7-2/h8,10,14,16,20,22-23,25-26,28-29,31-32,34-35,37-38,40-41,43-44,47,67H,6-7,9,11-13,15,17-19,21,24,27,30,33,36,39,42,45-46,48-66H2,1-5H3/b10-8-,16-14-,22-20-,26-25-,29-28-,32-31-,35-34-,38-37-,41-40-,44-43-,47-23-. The van der Waals surface area contributed by atoms with Gasteiger partial charge in [-0.05, 0) is 116 Å². The van der Waals surface area contributed by atoms with Gasteiger partial charge in [-0.25, -0.2) is 0 Å². The van der Waals surface area contributed by atoms with E-state index in [0.29, 0.717) is 23.9 Å². The molecule has 79 heavy (non-hydrogen) atoms. The summed E-state index contributed by atoms with van der Waals surface area (Å²) in [6.45, 7) is 4.09. The molecule has 0 aliphatic heterocycles. The molecule has 9 nitrogen and oxygen atoms in total. The summed E-state index contributed by atoms with van der Waals surface area (Å²) < 4.78 is 34.1. The third-order valence-corrected chi connectivity index (χ3v) is 13.9. The predicted octanol–water partition coefficient (Wildman–Crippen LogP) is 19.5. The Morgan fingerprint density at radius 3 is 1.09 bits per heavy atom. The summed E-state index contributed by atoms with van der Waals surface area (Å²) >= 11 is 0. The molecule has 0 aromatic carbocycles. The molecule has 2 atom stereocenters. The van der Waals surface area contributed by atoms with Crippen LogP contribution in [0.3, 0.4) is 0 Å². The SMILES string of the molecule is CC/C=C\C/C=C\C/C=C\C/C=C\C/C=C\C/C=C\C/C=C\C/C=C\C/C=C\C/C=C\CCCCCCCCCCC(=O)OC(COC(=O)CCCCCCC/C=C\CCCCCCCCC)COP(=O)([O-])OCC[N+](C)(C)C. The van der Waals surface area contributed by atoms with Crippen molar-refractivity contribution in [3.05, 3.63) is 134 Å². The summed E-state index contributed by atoms with van der Waals surface area (Å²) in [5, 5.41) is 0. The molecule has 0 fully saturated rings. The Balaban J connectivity index is 4.14. The highest BCUT2D eigenvalue weighted by Crippen LogP contribution is 2.38. The molecule has 0 saturated carbocycles. The number of allylic oxidation sites excluding steroid dienone is 22. The van der Waals surface area contributed by atoms with E-state index in [1.165, 1.54) is 77.0 Å². The second-order valence-electron chi connectivity index (χ2n) is 21.7. The molecule has 0 heterocycles. The molecule has 0 saturated heterocycles. The smallest absolute Gasteiger partial charge is 0.306 e. The van der Waals surface area contributed by atoms with Crippen LogP contribution in [-0.4, -0.2) is 70.0 Å². The molecule has 0 N–H and O–H groups in total. The fourth-order valence-corrected chi connectivity index (χ4v) is 8.82. The number of quaternary nitrogens is 1. The monoisotopic (exact) mass is 1120 g/mol. The minimum atomic E-state index is -4.65. The fraction of sp³-hybridized carbons (Fsp3) is 0.652. The van der Waals surface area contributed by atoms with E-state index < -0.39 is 32.5 Å². The van der Waals surface area contributed by atoms with Crippen LogP contribution in [0.15, 0.2) is 134 Å². The fourth-order valence-electron chi connectivity index (χ4n) is 8.09.